The Morgan fingerprint density at radius 3 is 2.29 bits per heavy atom. The summed E-state index contributed by atoms with van der Waals surface area (Å²) in [5.74, 6) is -0.478. The van der Waals surface area contributed by atoms with E-state index < -0.39 is 17.7 Å². The van der Waals surface area contributed by atoms with Crippen molar-refractivity contribution in [3.8, 4) is 0 Å². The predicted molar refractivity (Wildman–Crippen MR) is 85.7 cm³/mol. The number of alkyl carbamates (subject to hydrolysis) is 1. The Labute approximate surface area is 138 Å². The average molecular weight is 411 g/mol. The van der Waals surface area contributed by atoms with Crippen LogP contribution in [0.1, 0.15) is 39.5 Å². The molecule has 7 nitrogen and oxygen atoms in total. The van der Waals surface area contributed by atoms with Crippen LogP contribution < -0.4 is 14.2 Å². The largest absolute Gasteiger partial charge is 0.453 e. The predicted octanol–water partition coefficient (Wildman–Crippen LogP) is 1.26. The van der Waals surface area contributed by atoms with E-state index in [4.69, 9.17) is 0 Å². The second kappa shape index (κ2) is 7.81. The molecule has 0 aliphatic heterocycles. The maximum Gasteiger partial charge on any atom is 0.407 e. The molecule has 1 aliphatic carbocycles. The van der Waals surface area contributed by atoms with E-state index in [0.717, 1.165) is 19.3 Å². The molecule has 1 saturated carbocycles. The zero-order valence-electron chi connectivity index (χ0n) is 12.5. The van der Waals surface area contributed by atoms with E-state index in [0.29, 0.717) is 0 Å². The standard InChI is InChI=1S/C13H22IN3O4/c1-8(2)10(15-12(20)21-3)11(19)16-13(5-4-6-13)7-9(18)17-14/h8,10H,4-7H2,1-3H3,(H,15,20)(H,16,19)(H,17,18)/t10-/m0/s1. The lowest BCUT2D eigenvalue weighted by Crippen LogP contribution is -2.60. The Kier molecular flexibility index (Phi) is 6.69. The van der Waals surface area contributed by atoms with Crippen molar-refractivity contribution in [2.75, 3.05) is 7.11 Å². The lowest BCUT2D eigenvalue weighted by Gasteiger charge is -2.43. The number of amides is 3. The number of hydrogen-bond acceptors (Lipinski definition) is 4. The van der Waals surface area contributed by atoms with Gasteiger partial charge in [-0.1, -0.05) is 13.8 Å². The summed E-state index contributed by atoms with van der Waals surface area (Å²) >= 11 is 1.79. The molecule has 1 rings (SSSR count). The third kappa shape index (κ3) is 5.01. The molecule has 0 aromatic heterocycles. The summed E-state index contributed by atoms with van der Waals surface area (Å²) in [7, 11) is 1.25. The van der Waals surface area contributed by atoms with Crippen LogP contribution in [0.5, 0.6) is 0 Å². The third-order valence-corrected chi connectivity index (χ3v) is 4.31. The Morgan fingerprint density at radius 2 is 1.90 bits per heavy atom. The molecule has 21 heavy (non-hydrogen) atoms. The van der Waals surface area contributed by atoms with Crippen LogP contribution in [0.2, 0.25) is 0 Å². The van der Waals surface area contributed by atoms with Gasteiger partial charge in [0, 0.05) is 5.54 Å². The quantitative estimate of drug-likeness (QED) is 0.453. The normalized spacial score (nSPS) is 17.4. The Balaban J connectivity index is 2.70. The van der Waals surface area contributed by atoms with Crippen LogP contribution >= 0.6 is 22.9 Å². The molecule has 0 aromatic carbocycles. The molecule has 8 heteroatoms. The number of carbonyl (C=O) groups is 3. The number of hydrogen-bond donors (Lipinski definition) is 3. The third-order valence-electron chi connectivity index (χ3n) is 3.71. The minimum absolute atomic E-state index is 0.0837. The summed E-state index contributed by atoms with van der Waals surface area (Å²) in [5, 5.41) is 5.46. The second-order valence-corrected chi connectivity index (χ2v) is 6.21. The van der Waals surface area contributed by atoms with Gasteiger partial charge in [-0.15, -0.1) is 0 Å². The van der Waals surface area contributed by atoms with Crippen LogP contribution in [0.15, 0.2) is 0 Å². The van der Waals surface area contributed by atoms with Gasteiger partial charge in [-0.2, -0.15) is 0 Å². The number of nitrogens with one attached hydrogen (secondary N) is 3. The summed E-state index contributed by atoms with van der Waals surface area (Å²) in [5.41, 5.74) is -0.489. The molecule has 0 bridgehead atoms. The van der Waals surface area contributed by atoms with Crippen molar-refractivity contribution in [3.05, 3.63) is 0 Å². The number of carbonyl (C=O) groups excluding carboxylic acids is 3. The molecule has 3 amide bonds. The highest BCUT2D eigenvalue weighted by Gasteiger charge is 2.41. The fourth-order valence-corrected chi connectivity index (χ4v) is 2.54. The molecule has 1 aliphatic rings. The lowest BCUT2D eigenvalue weighted by atomic mass is 9.74. The Hall–Kier alpha value is -1.06. The summed E-state index contributed by atoms with van der Waals surface area (Å²) in [6.07, 6.45) is 2.13. The highest BCUT2D eigenvalue weighted by Crippen LogP contribution is 2.35. The van der Waals surface area contributed by atoms with Crippen molar-refractivity contribution in [2.45, 2.75) is 51.1 Å². The van der Waals surface area contributed by atoms with Gasteiger partial charge in [0.25, 0.3) is 0 Å². The SMILES string of the molecule is COC(=O)N[C@H](C(=O)NC1(CC(=O)NI)CCC1)C(C)C. The molecule has 0 heterocycles. The minimum atomic E-state index is -0.683. The smallest absolute Gasteiger partial charge is 0.407 e. The fourth-order valence-electron chi connectivity index (χ4n) is 2.35. The number of rotatable bonds is 6. The number of halogens is 1. The highest BCUT2D eigenvalue weighted by atomic mass is 127. The Bertz CT molecular complexity index is 410. The molecule has 0 unspecified atom stereocenters. The topological polar surface area (TPSA) is 96.5 Å². The van der Waals surface area contributed by atoms with Gasteiger partial charge in [0.1, 0.15) is 6.04 Å². The molecule has 0 spiro atoms. The Morgan fingerprint density at radius 1 is 1.29 bits per heavy atom. The first-order valence-electron chi connectivity index (χ1n) is 6.89. The van der Waals surface area contributed by atoms with E-state index in [9.17, 15) is 14.4 Å². The van der Waals surface area contributed by atoms with Gasteiger partial charge in [0.2, 0.25) is 11.8 Å². The maximum absolute atomic E-state index is 12.4. The summed E-state index contributed by atoms with van der Waals surface area (Å²) in [4.78, 5) is 35.3. The maximum atomic E-state index is 12.4. The molecular weight excluding hydrogens is 389 g/mol. The van der Waals surface area contributed by atoms with Crippen molar-refractivity contribution in [2.24, 2.45) is 5.92 Å². The van der Waals surface area contributed by atoms with Gasteiger partial charge in [-0.25, -0.2) is 4.79 Å². The monoisotopic (exact) mass is 411 g/mol. The van der Waals surface area contributed by atoms with Gasteiger partial charge >= 0.3 is 6.09 Å². The van der Waals surface area contributed by atoms with Gasteiger partial charge in [-0.05, 0) is 25.2 Å². The number of methoxy groups -OCH3 is 1. The van der Waals surface area contributed by atoms with Gasteiger partial charge in [0.05, 0.1) is 36.4 Å². The molecule has 0 saturated heterocycles. The molecule has 1 fully saturated rings. The first-order chi connectivity index (χ1) is 9.83. The first kappa shape index (κ1) is 18.0. The van der Waals surface area contributed by atoms with Crippen LogP contribution in [0.4, 0.5) is 4.79 Å². The molecule has 120 valence electrons. The van der Waals surface area contributed by atoms with Crippen molar-refractivity contribution in [1.82, 2.24) is 14.2 Å². The lowest BCUT2D eigenvalue weighted by molar-refractivity contribution is -0.128. The highest BCUT2D eigenvalue weighted by molar-refractivity contribution is 14.1. The summed E-state index contributed by atoms with van der Waals surface area (Å²) in [6, 6.07) is -0.683. The number of ether oxygens (including phenoxy) is 1. The zero-order chi connectivity index (χ0) is 16.0. The zero-order valence-corrected chi connectivity index (χ0v) is 14.7. The van der Waals surface area contributed by atoms with E-state index in [1.54, 1.807) is 22.9 Å². The second-order valence-electron chi connectivity index (χ2n) is 5.68. The van der Waals surface area contributed by atoms with E-state index in [2.05, 4.69) is 18.9 Å². The molecule has 3 N–H and O–H groups in total. The summed E-state index contributed by atoms with van der Waals surface area (Å²) in [6.45, 7) is 3.68. The minimum Gasteiger partial charge on any atom is -0.453 e. The van der Waals surface area contributed by atoms with Crippen molar-refractivity contribution < 1.29 is 19.1 Å². The van der Waals surface area contributed by atoms with Crippen molar-refractivity contribution >= 4 is 40.8 Å². The van der Waals surface area contributed by atoms with E-state index in [-0.39, 0.29) is 24.2 Å². The molecule has 0 radical (unpaired) electrons. The van der Waals surface area contributed by atoms with Crippen LogP contribution in [0, 0.1) is 5.92 Å². The van der Waals surface area contributed by atoms with E-state index in [1.165, 1.54) is 7.11 Å². The summed E-state index contributed by atoms with van der Waals surface area (Å²) < 4.78 is 7.08. The van der Waals surface area contributed by atoms with Gasteiger partial charge in [-0.3, -0.25) is 13.1 Å². The van der Waals surface area contributed by atoms with Crippen molar-refractivity contribution in [1.29, 1.82) is 0 Å². The van der Waals surface area contributed by atoms with Crippen LogP contribution in [-0.2, 0) is 14.3 Å². The van der Waals surface area contributed by atoms with Crippen LogP contribution in [-0.4, -0.2) is 36.6 Å². The molecule has 0 aromatic rings. The first-order valence-corrected chi connectivity index (χ1v) is 7.97. The van der Waals surface area contributed by atoms with Gasteiger partial charge in [0.15, 0.2) is 0 Å². The fraction of sp³-hybridized carbons (Fsp3) is 0.769. The molecule has 1 atom stereocenters. The van der Waals surface area contributed by atoms with Gasteiger partial charge < -0.3 is 15.4 Å². The van der Waals surface area contributed by atoms with Crippen molar-refractivity contribution in [3.63, 3.8) is 0 Å². The van der Waals surface area contributed by atoms with E-state index in [1.807, 2.05) is 13.8 Å². The van der Waals surface area contributed by atoms with Crippen LogP contribution in [0.3, 0.4) is 0 Å². The van der Waals surface area contributed by atoms with Crippen LogP contribution in [0.25, 0.3) is 0 Å². The van der Waals surface area contributed by atoms with E-state index >= 15 is 0 Å². The molecular formula is C13H22IN3O4. The average Bonchev–Trinajstić information content (AvgIpc) is 2.40.